The summed E-state index contributed by atoms with van der Waals surface area (Å²) in [6.45, 7) is 0. The molecule has 2 N–H and O–H groups in total. The number of halogens is 1. The second-order valence-electron chi connectivity index (χ2n) is 6.87. The molecule has 2 aromatic carbocycles. The van der Waals surface area contributed by atoms with Gasteiger partial charge in [0.05, 0.1) is 30.4 Å². The summed E-state index contributed by atoms with van der Waals surface area (Å²) in [5, 5.41) is 12.0. The van der Waals surface area contributed by atoms with Crippen LogP contribution in [0, 0.1) is 0 Å². The number of nitrogens with one attached hydrogen (secondary N) is 1. The molecule has 4 rings (SSSR count). The van der Waals surface area contributed by atoms with E-state index in [0.29, 0.717) is 16.3 Å². The van der Waals surface area contributed by atoms with Gasteiger partial charge in [-0.25, -0.2) is 4.79 Å². The summed E-state index contributed by atoms with van der Waals surface area (Å²) in [6.07, 6.45) is 4.10. The molecular formula is C21H20ClNO4. The number of aromatic nitrogens is 1. The zero-order valence-electron chi connectivity index (χ0n) is 15.1. The number of hydrogen-bond acceptors (Lipinski definition) is 4. The van der Waals surface area contributed by atoms with Gasteiger partial charge < -0.3 is 19.6 Å². The lowest BCUT2D eigenvalue weighted by molar-refractivity contribution is -0.0404. The standard InChI is InChI=1S/C21H20ClNO4/c1-26-19-8-12(4-5-16(19)21(25)6-3-7-21)13-9-14-15(20(24)27-2)11-23-18(14)10-17(13)22/h4-5,8-11,23,25H,3,6-7H2,1-2H3. The highest BCUT2D eigenvalue weighted by Crippen LogP contribution is 2.46. The van der Waals surface area contributed by atoms with Crippen molar-refractivity contribution in [2.75, 3.05) is 14.2 Å². The number of benzene rings is 2. The third-order valence-electron chi connectivity index (χ3n) is 5.37. The van der Waals surface area contributed by atoms with E-state index in [4.69, 9.17) is 21.1 Å². The van der Waals surface area contributed by atoms with Crippen molar-refractivity contribution in [3.8, 4) is 16.9 Å². The minimum absolute atomic E-state index is 0.408. The largest absolute Gasteiger partial charge is 0.496 e. The molecule has 0 radical (unpaired) electrons. The minimum Gasteiger partial charge on any atom is -0.496 e. The van der Waals surface area contributed by atoms with Crippen LogP contribution in [0.3, 0.4) is 0 Å². The highest BCUT2D eigenvalue weighted by atomic mass is 35.5. The zero-order valence-corrected chi connectivity index (χ0v) is 15.9. The topological polar surface area (TPSA) is 71.6 Å². The van der Waals surface area contributed by atoms with Crippen LogP contribution in [0.4, 0.5) is 0 Å². The summed E-state index contributed by atoms with van der Waals surface area (Å²) in [4.78, 5) is 15.0. The maximum Gasteiger partial charge on any atom is 0.340 e. The molecule has 5 nitrogen and oxygen atoms in total. The van der Waals surface area contributed by atoms with Crippen LogP contribution in [-0.4, -0.2) is 30.3 Å². The van der Waals surface area contributed by atoms with Gasteiger partial charge in [0.25, 0.3) is 0 Å². The smallest absolute Gasteiger partial charge is 0.340 e. The SMILES string of the molecule is COC(=O)c1c[nH]c2cc(Cl)c(-c3ccc(C4(O)CCC4)c(OC)c3)cc12. The highest BCUT2D eigenvalue weighted by molar-refractivity contribution is 6.34. The molecule has 1 fully saturated rings. The number of aromatic amines is 1. The van der Waals surface area contributed by atoms with Crippen molar-refractivity contribution in [2.45, 2.75) is 24.9 Å². The number of carbonyl (C=O) groups excluding carboxylic acids is 1. The first-order chi connectivity index (χ1) is 13.0. The molecule has 1 aliphatic carbocycles. The summed E-state index contributed by atoms with van der Waals surface area (Å²) < 4.78 is 10.4. The monoisotopic (exact) mass is 385 g/mol. The van der Waals surface area contributed by atoms with Crippen molar-refractivity contribution in [2.24, 2.45) is 0 Å². The molecule has 0 amide bonds. The maximum absolute atomic E-state index is 12.0. The molecule has 0 spiro atoms. The molecule has 0 saturated heterocycles. The fourth-order valence-corrected chi connectivity index (χ4v) is 3.94. The zero-order chi connectivity index (χ0) is 19.2. The van der Waals surface area contributed by atoms with Gasteiger partial charge in [-0.15, -0.1) is 0 Å². The van der Waals surface area contributed by atoms with Crippen LogP contribution in [0.25, 0.3) is 22.0 Å². The summed E-state index contributed by atoms with van der Waals surface area (Å²) in [5.74, 6) is 0.225. The molecule has 27 heavy (non-hydrogen) atoms. The van der Waals surface area contributed by atoms with Crippen molar-refractivity contribution in [3.05, 3.63) is 52.7 Å². The normalized spacial score (nSPS) is 15.4. The fraction of sp³-hybridized carbons (Fsp3) is 0.286. The van der Waals surface area contributed by atoms with Gasteiger partial charge in [0.15, 0.2) is 0 Å². The van der Waals surface area contributed by atoms with E-state index in [2.05, 4.69) is 4.98 Å². The number of aliphatic hydroxyl groups is 1. The Hall–Kier alpha value is -2.50. The minimum atomic E-state index is -0.809. The first-order valence-corrected chi connectivity index (χ1v) is 9.15. The predicted octanol–water partition coefficient (Wildman–Crippen LogP) is 4.66. The van der Waals surface area contributed by atoms with Crippen molar-refractivity contribution >= 4 is 28.5 Å². The van der Waals surface area contributed by atoms with Crippen molar-refractivity contribution in [1.82, 2.24) is 4.98 Å². The summed E-state index contributed by atoms with van der Waals surface area (Å²) in [7, 11) is 2.95. The molecule has 1 aromatic heterocycles. The first-order valence-electron chi connectivity index (χ1n) is 8.77. The number of hydrogen-bond donors (Lipinski definition) is 2. The lowest BCUT2D eigenvalue weighted by atomic mass is 9.74. The van der Waals surface area contributed by atoms with Crippen molar-refractivity contribution in [1.29, 1.82) is 0 Å². The molecule has 0 atom stereocenters. The van der Waals surface area contributed by atoms with E-state index in [1.54, 1.807) is 19.4 Å². The van der Waals surface area contributed by atoms with Crippen LogP contribution in [0.5, 0.6) is 5.75 Å². The molecule has 3 aromatic rings. The molecule has 0 bridgehead atoms. The Labute approximate surface area is 161 Å². The van der Waals surface area contributed by atoms with Crippen molar-refractivity contribution < 1.29 is 19.4 Å². The van der Waals surface area contributed by atoms with Gasteiger partial charge in [0.1, 0.15) is 5.75 Å². The second kappa shape index (κ2) is 6.59. The first kappa shape index (κ1) is 17.9. The van der Waals surface area contributed by atoms with E-state index in [1.807, 2.05) is 24.3 Å². The molecule has 0 unspecified atom stereocenters. The van der Waals surface area contributed by atoms with Gasteiger partial charge in [-0.3, -0.25) is 0 Å². The number of ether oxygens (including phenoxy) is 2. The maximum atomic E-state index is 12.0. The van der Waals surface area contributed by atoms with Crippen LogP contribution < -0.4 is 4.74 Å². The third kappa shape index (κ3) is 2.87. The van der Waals surface area contributed by atoms with Crippen LogP contribution in [0.1, 0.15) is 35.2 Å². The number of H-pyrrole nitrogens is 1. The number of rotatable bonds is 4. The third-order valence-corrected chi connectivity index (χ3v) is 5.68. The van der Waals surface area contributed by atoms with Crippen molar-refractivity contribution in [3.63, 3.8) is 0 Å². The van der Waals surface area contributed by atoms with E-state index >= 15 is 0 Å². The molecule has 1 saturated carbocycles. The molecule has 6 heteroatoms. The Morgan fingerprint density at radius 2 is 2.00 bits per heavy atom. The van der Waals surface area contributed by atoms with E-state index in [-0.39, 0.29) is 0 Å². The Balaban J connectivity index is 1.84. The van der Waals surface area contributed by atoms with Gasteiger partial charge in [0.2, 0.25) is 0 Å². The second-order valence-corrected chi connectivity index (χ2v) is 7.28. The average molecular weight is 386 g/mol. The molecule has 1 heterocycles. The number of methoxy groups -OCH3 is 2. The predicted molar refractivity (Wildman–Crippen MR) is 104 cm³/mol. The van der Waals surface area contributed by atoms with Gasteiger partial charge >= 0.3 is 5.97 Å². The molecule has 140 valence electrons. The van der Waals surface area contributed by atoms with E-state index in [1.165, 1.54) is 7.11 Å². The lowest BCUT2D eigenvalue weighted by Gasteiger charge is -2.38. The van der Waals surface area contributed by atoms with Gasteiger partial charge in [-0.2, -0.15) is 0 Å². The fourth-order valence-electron chi connectivity index (χ4n) is 3.67. The van der Waals surface area contributed by atoms with Crippen LogP contribution in [-0.2, 0) is 10.3 Å². The van der Waals surface area contributed by atoms with Gasteiger partial charge in [-0.1, -0.05) is 23.7 Å². The highest BCUT2D eigenvalue weighted by Gasteiger charge is 2.38. The van der Waals surface area contributed by atoms with Gasteiger partial charge in [-0.05, 0) is 43.0 Å². The van der Waals surface area contributed by atoms with Crippen LogP contribution in [0.2, 0.25) is 5.02 Å². The molecule has 0 aliphatic heterocycles. The molecule has 1 aliphatic rings. The van der Waals surface area contributed by atoms with Crippen LogP contribution >= 0.6 is 11.6 Å². The summed E-state index contributed by atoms with van der Waals surface area (Å²) in [5.41, 5.74) is 2.83. The summed E-state index contributed by atoms with van der Waals surface area (Å²) in [6, 6.07) is 9.35. The quantitative estimate of drug-likeness (QED) is 0.641. The van der Waals surface area contributed by atoms with E-state index in [0.717, 1.165) is 46.9 Å². The van der Waals surface area contributed by atoms with E-state index in [9.17, 15) is 9.90 Å². The Kier molecular flexibility index (Phi) is 4.36. The Bertz CT molecular complexity index is 1040. The summed E-state index contributed by atoms with van der Waals surface area (Å²) >= 11 is 6.50. The van der Waals surface area contributed by atoms with E-state index < -0.39 is 11.6 Å². The van der Waals surface area contributed by atoms with Gasteiger partial charge in [0, 0.05) is 28.2 Å². The molecular weight excluding hydrogens is 366 g/mol. The Morgan fingerprint density at radius 1 is 1.22 bits per heavy atom. The lowest BCUT2D eigenvalue weighted by Crippen LogP contribution is -2.33. The Morgan fingerprint density at radius 3 is 2.63 bits per heavy atom. The van der Waals surface area contributed by atoms with Crippen LogP contribution in [0.15, 0.2) is 36.5 Å². The average Bonchev–Trinajstić information content (AvgIpc) is 3.07. The number of carbonyl (C=O) groups is 1. The number of fused-ring (bicyclic) bond motifs is 1. The number of esters is 1.